The van der Waals surface area contributed by atoms with Crippen molar-refractivity contribution in [2.24, 2.45) is 7.05 Å². The van der Waals surface area contributed by atoms with Gasteiger partial charge in [-0.2, -0.15) is 0 Å². The summed E-state index contributed by atoms with van der Waals surface area (Å²) < 4.78 is 15.9. The summed E-state index contributed by atoms with van der Waals surface area (Å²) in [5.41, 5.74) is 2.15. The highest BCUT2D eigenvalue weighted by Crippen LogP contribution is 2.40. The highest BCUT2D eigenvalue weighted by molar-refractivity contribution is 6.06. The van der Waals surface area contributed by atoms with Gasteiger partial charge in [0.25, 0.3) is 5.91 Å². The minimum absolute atomic E-state index is 0. The fraction of sp³-hybridized carbons (Fsp3) is 0.381. The average molecular weight is 452 g/mol. The van der Waals surface area contributed by atoms with E-state index in [0.29, 0.717) is 35.5 Å². The summed E-state index contributed by atoms with van der Waals surface area (Å²) in [6.45, 7) is 1.94. The Bertz CT molecular complexity index is 1070. The molecule has 2 aliphatic rings. The number of carbonyl (C=O) groups is 1. The molecule has 1 saturated heterocycles. The Morgan fingerprint density at radius 3 is 2.73 bits per heavy atom. The van der Waals surface area contributed by atoms with E-state index in [-0.39, 0.29) is 42.6 Å². The molecule has 30 heavy (non-hydrogen) atoms. The standard InChI is InChI=1S/C21H22FN5O.2ClH/c1-26-8-7-24-20(26)19-12-23-6-9-27(19)21(28)16-11-18(13-2-3-13)25-17-5-4-14(22)10-15(16)17;;/h4-5,7-8,10-11,13,19,23H,2-3,6,9,12H2,1H3;2*1H. The van der Waals surface area contributed by atoms with Crippen LogP contribution in [-0.4, -0.2) is 45.0 Å². The Morgan fingerprint density at radius 1 is 1.23 bits per heavy atom. The van der Waals surface area contributed by atoms with Crippen molar-refractivity contribution in [3.05, 3.63) is 59.6 Å². The molecule has 1 unspecified atom stereocenters. The number of aromatic nitrogens is 3. The number of hydrogen-bond acceptors (Lipinski definition) is 4. The number of piperazine rings is 1. The predicted octanol–water partition coefficient (Wildman–Crippen LogP) is 3.62. The minimum Gasteiger partial charge on any atom is -0.336 e. The molecule has 1 N–H and O–H groups in total. The van der Waals surface area contributed by atoms with E-state index in [2.05, 4.69) is 15.3 Å². The number of halogens is 3. The first-order valence-corrected chi connectivity index (χ1v) is 9.71. The molecule has 1 aromatic carbocycles. The number of carbonyl (C=O) groups excluding carboxylic acids is 1. The molecule has 0 radical (unpaired) electrons. The van der Waals surface area contributed by atoms with Crippen LogP contribution in [-0.2, 0) is 7.05 Å². The van der Waals surface area contributed by atoms with Crippen molar-refractivity contribution < 1.29 is 9.18 Å². The van der Waals surface area contributed by atoms with Crippen LogP contribution in [0.4, 0.5) is 4.39 Å². The second-order valence-corrected chi connectivity index (χ2v) is 7.65. The molecule has 1 amide bonds. The van der Waals surface area contributed by atoms with E-state index >= 15 is 0 Å². The number of nitrogens with one attached hydrogen (secondary N) is 1. The minimum atomic E-state index is -0.358. The Balaban J connectivity index is 0.00000128. The zero-order chi connectivity index (χ0) is 19.3. The third-order valence-corrected chi connectivity index (χ3v) is 5.68. The number of nitrogens with zero attached hydrogens (tertiary/aromatic N) is 4. The zero-order valence-corrected chi connectivity index (χ0v) is 18.2. The maximum Gasteiger partial charge on any atom is 0.255 e. The first kappa shape index (κ1) is 22.5. The molecule has 1 aliphatic heterocycles. The molecule has 5 rings (SSSR count). The number of imidazole rings is 1. The van der Waals surface area contributed by atoms with Crippen molar-refractivity contribution in [1.29, 1.82) is 0 Å². The summed E-state index contributed by atoms with van der Waals surface area (Å²) >= 11 is 0. The van der Waals surface area contributed by atoms with Crippen LogP contribution in [0.2, 0.25) is 0 Å². The number of aryl methyl sites for hydroxylation is 1. The van der Waals surface area contributed by atoms with Crippen molar-refractivity contribution in [2.75, 3.05) is 19.6 Å². The summed E-state index contributed by atoms with van der Waals surface area (Å²) in [5, 5.41) is 3.93. The van der Waals surface area contributed by atoms with Crippen LogP contribution in [0.5, 0.6) is 0 Å². The monoisotopic (exact) mass is 451 g/mol. The molecule has 1 saturated carbocycles. The van der Waals surface area contributed by atoms with Gasteiger partial charge in [0, 0.05) is 56.1 Å². The van der Waals surface area contributed by atoms with Crippen molar-refractivity contribution in [3.63, 3.8) is 0 Å². The number of pyridine rings is 1. The Labute approximate surface area is 186 Å². The Hall–Kier alpha value is -2.22. The molecule has 1 aliphatic carbocycles. The lowest BCUT2D eigenvalue weighted by Crippen LogP contribution is -2.49. The van der Waals surface area contributed by atoms with Crippen molar-refractivity contribution >= 4 is 41.6 Å². The number of rotatable bonds is 3. The van der Waals surface area contributed by atoms with Crippen LogP contribution in [0.15, 0.2) is 36.7 Å². The Kier molecular flexibility index (Phi) is 6.65. The van der Waals surface area contributed by atoms with Gasteiger partial charge in [-0.1, -0.05) is 0 Å². The van der Waals surface area contributed by atoms with E-state index in [1.54, 1.807) is 12.3 Å². The molecule has 0 bridgehead atoms. The van der Waals surface area contributed by atoms with Crippen molar-refractivity contribution in [2.45, 2.75) is 24.8 Å². The normalized spacial score (nSPS) is 18.6. The van der Waals surface area contributed by atoms with Crippen LogP contribution in [0, 0.1) is 5.82 Å². The lowest BCUT2D eigenvalue weighted by atomic mass is 10.0. The quantitative estimate of drug-likeness (QED) is 0.660. The molecule has 2 fully saturated rings. The molecular weight excluding hydrogens is 428 g/mol. The lowest BCUT2D eigenvalue weighted by Gasteiger charge is -2.36. The summed E-state index contributed by atoms with van der Waals surface area (Å²) in [4.78, 5) is 24.6. The van der Waals surface area contributed by atoms with E-state index in [9.17, 15) is 9.18 Å². The second-order valence-electron chi connectivity index (χ2n) is 7.65. The SMILES string of the molecule is Cl.Cl.Cn1ccnc1C1CNCCN1C(=O)c1cc(C2CC2)nc2ccc(F)cc12. The van der Waals surface area contributed by atoms with E-state index in [4.69, 9.17) is 0 Å². The molecular formula is C21H24Cl2FN5O. The van der Waals surface area contributed by atoms with Gasteiger partial charge in [-0.05, 0) is 37.1 Å². The van der Waals surface area contributed by atoms with Gasteiger partial charge in [0.2, 0.25) is 0 Å². The van der Waals surface area contributed by atoms with E-state index in [1.165, 1.54) is 12.1 Å². The van der Waals surface area contributed by atoms with Gasteiger partial charge >= 0.3 is 0 Å². The summed E-state index contributed by atoms with van der Waals surface area (Å²) in [5.74, 6) is 0.805. The number of hydrogen-bond donors (Lipinski definition) is 1. The largest absolute Gasteiger partial charge is 0.336 e. The summed E-state index contributed by atoms with van der Waals surface area (Å²) in [7, 11) is 1.93. The van der Waals surface area contributed by atoms with Crippen LogP contribution in [0.25, 0.3) is 10.9 Å². The number of amides is 1. The smallest absolute Gasteiger partial charge is 0.255 e. The molecule has 1 atom stereocenters. The molecule has 3 heterocycles. The van der Waals surface area contributed by atoms with Crippen LogP contribution in [0.3, 0.4) is 0 Å². The average Bonchev–Trinajstić information content (AvgIpc) is 3.48. The van der Waals surface area contributed by atoms with Gasteiger partial charge in [0.1, 0.15) is 17.7 Å². The third kappa shape index (κ3) is 4.02. The first-order valence-electron chi connectivity index (χ1n) is 9.71. The van der Waals surface area contributed by atoms with E-state index < -0.39 is 0 Å². The van der Waals surface area contributed by atoms with Gasteiger partial charge in [-0.3, -0.25) is 9.78 Å². The highest BCUT2D eigenvalue weighted by Gasteiger charge is 2.33. The van der Waals surface area contributed by atoms with Gasteiger partial charge in [0.05, 0.1) is 11.1 Å². The van der Waals surface area contributed by atoms with Gasteiger partial charge in [0.15, 0.2) is 0 Å². The number of fused-ring (bicyclic) bond motifs is 1. The maximum absolute atomic E-state index is 14.0. The van der Waals surface area contributed by atoms with E-state index in [0.717, 1.165) is 30.9 Å². The second kappa shape index (κ2) is 8.88. The predicted molar refractivity (Wildman–Crippen MR) is 118 cm³/mol. The maximum atomic E-state index is 14.0. The molecule has 160 valence electrons. The third-order valence-electron chi connectivity index (χ3n) is 5.68. The van der Waals surface area contributed by atoms with Gasteiger partial charge in [-0.25, -0.2) is 9.37 Å². The van der Waals surface area contributed by atoms with Crippen LogP contribution >= 0.6 is 24.8 Å². The fourth-order valence-corrected chi connectivity index (χ4v) is 4.01. The topological polar surface area (TPSA) is 63.1 Å². The molecule has 0 spiro atoms. The lowest BCUT2D eigenvalue weighted by molar-refractivity contribution is 0.0622. The zero-order valence-electron chi connectivity index (χ0n) is 16.5. The Morgan fingerprint density at radius 2 is 2.03 bits per heavy atom. The van der Waals surface area contributed by atoms with Crippen LogP contribution < -0.4 is 5.32 Å². The van der Waals surface area contributed by atoms with Crippen LogP contribution in [0.1, 0.15) is 46.7 Å². The highest BCUT2D eigenvalue weighted by atomic mass is 35.5. The summed E-state index contributed by atoms with van der Waals surface area (Å²) in [6, 6.07) is 6.20. The molecule has 6 nitrogen and oxygen atoms in total. The molecule has 9 heteroatoms. The van der Waals surface area contributed by atoms with Gasteiger partial charge < -0.3 is 14.8 Å². The van der Waals surface area contributed by atoms with Gasteiger partial charge in [-0.15, -0.1) is 24.8 Å². The van der Waals surface area contributed by atoms with Crippen molar-refractivity contribution in [3.8, 4) is 0 Å². The number of benzene rings is 1. The molecule has 2 aromatic heterocycles. The first-order chi connectivity index (χ1) is 13.6. The van der Waals surface area contributed by atoms with E-state index in [1.807, 2.05) is 28.8 Å². The summed E-state index contributed by atoms with van der Waals surface area (Å²) in [6.07, 6.45) is 5.82. The molecule has 3 aromatic rings. The fourth-order valence-electron chi connectivity index (χ4n) is 4.01. The van der Waals surface area contributed by atoms with Crippen molar-refractivity contribution in [1.82, 2.24) is 24.8 Å².